The van der Waals surface area contributed by atoms with Gasteiger partial charge in [0.25, 0.3) is 0 Å². The van der Waals surface area contributed by atoms with E-state index in [4.69, 9.17) is 0 Å². The molecular formula is C11H27N3. The van der Waals surface area contributed by atoms with E-state index >= 15 is 0 Å². The zero-order valence-corrected chi connectivity index (χ0v) is 10.4. The van der Waals surface area contributed by atoms with Gasteiger partial charge in [-0.2, -0.15) is 0 Å². The molecule has 0 spiro atoms. The Balaban J connectivity index is 3.33. The van der Waals surface area contributed by atoms with E-state index in [0.717, 1.165) is 13.1 Å². The first kappa shape index (κ1) is 13.9. The van der Waals surface area contributed by atoms with Crippen molar-refractivity contribution in [1.29, 1.82) is 0 Å². The molecule has 0 unspecified atom stereocenters. The second kappa shape index (κ2) is 8.21. The summed E-state index contributed by atoms with van der Waals surface area (Å²) in [5.41, 5.74) is 0. The van der Waals surface area contributed by atoms with Gasteiger partial charge in [0.2, 0.25) is 0 Å². The summed E-state index contributed by atoms with van der Waals surface area (Å²) < 4.78 is 0. The van der Waals surface area contributed by atoms with Crippen LogP contribution in [0.4, 0.5) is 0 Å². The van der Waals surface area contributed by atoms with Crippen LogP contribution in [-0.4, -0.2) is 51.7 Å². The predicted octanol–water partition coefficient (Wildman–Crippen LogP) is 0.772. The Kier molecular flexibility index (Phi) is 8.14. The third-order valence-corrected chi connectivity index (χ3v) is 2.50. The summed E-state index contributed by atoms with van der Waals surface area (Å²) in [7, 11) is 6.27. The van der Waals surface area contributed by atoms with Crippen LogP contribution in [0.15, 0.2) is 0 Å². The van der Waals surface area contributed by atoms with Crippen molar-refractivity contribution in [3.05, 3.63) is 0 Å². The standard InChI is InChI=1S/C11H27N3/c1-10(2)11(12-3)9-13-7-6-8-14(4)5/h10-13H,6-9H2,1-5H3/t11-/m0/s1. The van der Waals surface area contributed by atoms with Crippen molar-refractivity contribution in [3.8, 4) is 0 Å². The molecular weight excluding hydrogens is 174 g/mol. The minimum Gasteiger partial charge on any atom is -0.315 e. The van der Waals surface area contributed by atoms with E-state index in [0.29, 0.717) is 12.0 Å². The summed E-state index contributed by atoms with van der Waals surface area (Å²) in [6, 6.07) is 0.592. The van der Waals surface area contributed by atoms with Crippen LogP contribution in [0.3, 0.4) is 0 Å². The lowest BCUT2D eigenvalue weighted by molar-refractivity contribution is 0.374. The molecule has 0 aliphatic carbocycles. The molecule has 0 bridgehead atoms. The van der Waals surface area contributed by atoms with Gasteiger partial charge in [0.1, 0.15) is 0 Å². The van der Waals surface area contributed by atoms with Gasteiger partial charge < -0.3 is 15.5 Å². The van der Waals surface area contributed by atoms with Crippen LogP contribution >= 0.6 is 0 Å². The van der Waals surface area contributed by atoms with Gasteiger partial charge >= 0.3 is 0 Å². The lowest BCUT2D eigenvalue weighted by Crippen LogP contribution is -2.40. The van der Waals surface area contributed by atoms with Crippen LogP contribution in [0.2, 0.25) is 0 Å². The molecule has 0 saturated carbocycles. The summed E-state index contributed by atoms with van der Waals surface area (Å²) in [6.45, 7) is 7.86. The third-order valence-electron chi connectivity index (χ3n) is 2.50. The van der Waals surface area contributed by atoms with E-state index < -0.39 is 0 Å². The SMILES string of the molecule is CN[C@@H](CNCCCN(C)C)C(C)C. The van der Waals surface area contributed by atoms with Crippen LogP contribution in [0.25, 0.3) is 0 Å². The third kappa shape index (κ3) is 7.30. The van der Waals surface area contributed by atoms with Crippen LogP contribution < -0.4 is 10.6 Å². The summed E-state index contributed by atoms with van der Waals surface area (Å²) in [5.74, 6) is 0.696. The molecule has 0 aromatic rings. The smallest absolute Gasteiger partial charge is 0.0212 e. The van der Waals surface area contributed by atoms with Gasteiger partial charge in [0.15, 0.2) is 0 Å². The highest BCUT2D eigenvalue weighted by Gasteiger charge is 2.08. The minimum atomic E-state index is 0.592. The van der Waals surface area contributed by atoms with Crippen molar-refractivity contribution in [3.63, 3.8) is 0 Å². The molecule has 0 aromatic heterocycles. The van der Waals surface area contributed by atoms with Crippen molar-refractivity contribution in [2.24, 2.45) is 5.92 Å². The number of rotatable bonds is 8. The molecule has 14 heavy (non-hydrogen) atoms. The van der Waals surface area contributed by atoms with Gasteiger partial charge in [0, 0.05) is 12.6 Å². The zero-order chi connectivity index (χ0) is 11.0. The Morgan fingerprint density at radius 1 is 1.21 bits per heavy atom. The molecule has 3 nitrogen and oxygen atoms in total. The summed E-state index contributed by atoms with van der Waals surface area (Å²) in [5, 5.41) is 6.81. The van der Waals surface area contributed by atoms with E-state index in [1.54, 1.807) is 0 Å². The first-order chi connectivity index (χ1) is 6.57. The molecule has 3 heteroatoms. The van der Waals surface area contributed by atoms with Gasteiger partial charge in [-0.25, -0.2) is 0 Å². The monoisotopic (exact) mass is 201 g/mol. The number of nitrogens with one attached hydrogen (secondary N) is 2. The molecule has 0 aromatic carbocycles. The van der Waals surface area contributed by atoms with E-state index in [2.05, 4.69) is 43.5 Å². The fourth-order valence-electron chi connectivity index (χ4n) is 1.45. The second-order valence-electron chi connectivity index (χ2n) is 4.50. The fraction of sp³-hybridized carbons (Fsp3) is 1.00. The number of likely N-dealkylation sites (N-methyl/N-ethyl adjacent to an activating group) is 1. The lowest BCUT2D eigenvalue weighted by atomic mass is 10.1. The highest BCUT2D eigenvalue weighted by Crippen LogP contribution is 1.98. The van der Waals surface area contributed by atoms with Crippen molar-refractivity contribution in [2.75, 3.05) is 40.8 Å². The quantitative estimate of drug-likeness (QED) is 0.568. The Labute approximate surface area is 89.2 Å². The molecule has 86 valence electrons. The van der Waals surface area contributed by atoms with Crippen molar-refractivity contribution in [1.82, 2.24) is 15.5 Å². The number of hydrogen-bond donors (Lipinski definition) is 2. The van der Waals surface area contributed by atoms with Crippen LogP contribution in [-0.2, 0) is 0 Å². The maximum absolute atomic E-state index is 3.48. The van der Waals surface area contributed by atoms with E-state index in [1.165, 1.54) is 13.0 Å². The molecule has 1 atom stereocenters. The van der Waals surface area contributed by atoms with Gasteiger partial charge in [-0.15, -0.1) is 0 Å². The van der Waals surface area contributed by atoms with Gasteiger partial charge in [-0.1, -0.05) is 13.8 Å². The summed E-state index contributed by atoms with van der Waals surface area (Å²) in [4.78, 5) is 2.22. The average Bonchev–Trinajstić information content (AvgIpc) is 2.10. The van der Waals surface area contributed by atoms with Crippen molar-refractivity contribution in [2.45, 2.75) is 26.3 Å². The summed E-state index contributed by atoms with van der Waals surface area (Å²) >= 11 is 0. The van der Waals surface area contributed by atoms with E-state index in [9.17, 15) is 0 Å². The molecule has 0 aliphatic heterocycles. The van der Waals surface area contributed by atoms with Gasteiger partial charge in [-0.05, 0) is 46.6 Å². The predicted molar refractivity (Wildman–Crippen MR) is 63.7 cm³/mol. The molecule has 0 saturated heterocycles. The van der Waals surface area contributed by atoms with E-state index in [1.807, 2.05) is 7.05 Å². The highest BCUT2D eigenvalue weighted by molar-refractivity contribution is 4.70. The van der Waals surface area contributed by atoms with Crippen molar-refractivity contribution < 1.29 is 0 Å². The number of hydrogen-bond acceptors (Lipinski definition) is 3. The van der Waals surface area contributed by atoms with Gasteiger partial charge in [-0.3, -0.25) is 0 Å². The van der Waals surface area contributed by atoms with Gasteiger partial charge in [0.05, 0.1) is 0 Å². The van der Waals surface area contributed by atoms with Crippen LogP contribution in [0.5, 0.6) is 0 Å². The first-order valence-corrected chi connectivity index (χ1v) is 5.60. The molecule has 0 amide bonds. The minimum absolute atomic E-state index is 0.592. The Morgan fingerprint density at radius 3 is 2.29 bits per heavy atom. The largest absolute Gasteiger partial charge is 0.315 e. The Bertz CT molecular complexity index is 124. The van der Waals surface area contributed by atoms with Crippen molar-refractivity contribution >= 4 is 0 Å². The molecule has 0 aliphatic rings. The molecule has 2 N–H and O–H groups in total. The fourth-order valence-corrected chi connectivity index (χ4v) is 1.45. The Morgan fingerprint density at radius 2 is 1.86 bits per heavy atom. The van der Waals surface area contributed by atoms with E-state index in [-0.39, 0.29) is 0 Å². The second-order valence-corrected chi connectivity index (χ2v) is 4.50. The normalized spacial score (nSPS) is 13.9. The molecule has 0 heterocycles. The Hall–Kier alpha value is -0.120. The lowest BCUT2D eigenvalue weighted by Gasteiger charge is -2.20. The molecule has 0 fully saturated rings. The molecule has 0 radical (unpaired) electrons. The zero-order valence-electron chi connectivity index (χ0n) is 10.4. The summed E-state index contributed by atoms with van der Waals surface area (Å²) in [6.07, 6.45) is 1.22. The topological polar surface area (TPSA) is 27.3 Å². The maximum atomic E-state index is 3.48. The van der Waals surface area contributed by atoms with Crippen LogP contribution in [0.1, 0.15) is 20.3 Å². The maximum Gasteiger partial charge on any atom is 0.0212 e. The molecule has 0 rings (SSSR count). The first-order valence-electron chi connectivity index (χ1n) is 5.60. The highest BCUT2D eigenvalue weighted by atomic mass is 15.1. The average molecular weight is 201 g/mol. The number of nitrogens with zero attached hydrogens (tertiary/aromatic N) is 1. The van der Waals surface area contributed by atoms with Crippen LogP contribution in [0, 0.1) is 5.92 Å².